The summed E-state index contributed by atoms with van der Waals surface area (Å²) in [4.78, 5) is 8.38. The lowest BCUT2D eigenvalue weighted by Crippen LogP contribution is -2.22. The van der Waals surface area contributed by atoms with Crippen LogP contribution in [0.5, 0.6) is 0 Å². The molecule has 17 heteroatoms. The Morgan fingerprint density at radius 2 is 0.638 bits per heavy atom. The molecule has 8 bridgehead atoms. The number of rotatable bonds is 8. The first-order valence-electron chi connectivity index (χ1n) is 21.3. The number of benzene rings is 4. The van der Waals surface area contributed by atoms with Crippen LogP contribution in [0.15, 0.2) is 146 Å². The number of unbranched alkanes of at least 4 members (excludes halogenated alkanes) is 1. The Balaban J connectivity index is 1.67. The molecule has 3 N–H and O–H groups in total. The van der Waals surface area contributed by atoms with Gasteiger partial charge in [0.2, 0.25) is 0 Å². The molecule has 0 unspecified atom stereocenters. The van der Waals surface area contributed by atoms with Gasteiger partial charge in [0.25, 0.3) is 0 Å². The normalized spacial score (nSPS) is 16.8. The topological polar surface area (TPSA) is 52.3 Å². The monoisotopic (exact) mass is 1020 g/mol. The van der Waals surface area contributed by atoms with Gasteiger partial charge >= 0.3 is 24.7 Å². The fraction of sp³-hybridized carbons (Fsp3) is 0.154. The predicted molar refractivity (Wildman–Crippen MR) is 241 cm³/mol. The standard InChI is InChI=1S/C52H35BrF12N4/c53-27-13-14-28-69-47-39(31-19-9-3-10-20-31)35-25-23-33(66-35)37(29-15-5-1-6-16-29)45-41(49(54,55)56)42(50(57,58)59)46(68-45)38(30-17-7-2-8-18-30)34-24-26-36(67-34)40(32-21-11-4-12-22-32)48(69)44(52(63,64)65)43(47)51(60,61)62/h1-12,15-26,66-68H,13-14,27-28H2/b37-33-,38-34-,39-35-,40-36-,45-37?,46-38?,47-39?,48-40?. The summed E-state index contributed by atoms with van der Waals surface area (Å²) in [6, 6.07) is 33.4. The van der Waals surface area contributed by atoms with E-state index in [1.54, 1.807) is 0 Å². The largest absolute Gasteiger partial charge is 0.419 e. The average molecular weight is 1020 g/mol. The van der Waals surface area contributed by atoms with Gasteiger partial charge in [0.1, 0.15) is 0 Å². The van der Waals surface area contributed by atoms with Crippen LogP contribution in [-0.2, 0) is 31.2 Å². The highest BCUT2D eigenvalue weighted by atomic mass is 79.9. The van der Waals surface area contributed by atoms with Crippen LogP contribution in [0.4, 0.5) is 52.7 Å². The molecule has 5 heterocycles. The third-order valence-corrected chi connectivity index (χ3v) is 12.4. The zero-order chi connectivity index (χ0) is 49.0. The molecule has 4 aromatic heterocycles. The van der Waals surface area contributed by atoms with Gasteiger partial charge in [-0.25, -0.2) is 0 Å². The summed E-state index contributed by atoms with van der Waals surface area (Å²) in [6.45, 7) is -0.403. The van der Waals surface area contributed by atoms with Crippen LogP contribution in [-0.4, -0.2) is 24.8 Å². The second kappa shape index (κ2) is 17.9. The van der Waals surface area contributed by atoms with Crippen molar-refractivity contribution in [1.82, 2.24) is 19.5 Å². The van der Waals surface area contributed by atoms with Crippen molar-refractivity contribution in [2.45, 2.75) is 44.1 Å². The number of hydrogen-bond acceptors (Lipinski definition) is 0. The SMILES string of the molecule is FC(F)(F)c1c2[nH]c(c1C(F)(F)F)/C(c1ccccc1)=c1/cc/c([nH]1)=C(\c1ccccc1)c1c(C(F)(F)F)c(C(F)(F)F)c(n1CCCCBr)/C(c1ccccc1)=c1/cc/c([nH]1)=C/2c1ccccc1. The molecule has 9 rings (SSSR count). The number of nitrogens with zero attached hydrogens (tertiary/aromatic N) is 1. The van der Waals surface area contributed by atoms with E-state index in [0.717, 1.165) is 4.57 Å². The molecule has 354 valence electrons. The lowest BCUT2D eigenvalue weighted by atomic mass is 9.94. The first-order valence-corrected chi connectivity index (χ1v) is 22.4. The minimum Gasteiger partial charge on any atom is -0.354 e. The van der Waals surface area contributed by atoms with Crippen LogP contribution in [0.25, 0.3) is 22.3 Å². The first-order chi connectivity index (χ1) is 32.8. The number of aromatic nitrogens is 4. The van der Waals surface area contributed by atoms with Gasteiger partial charge in [0, 0.05) is 55.6 Å². The molecule has 0 saturated carbocycles. The molecule has 0 saturated heterocycles. The number of nitrogens with one attached hydrogen (secondary N) is 3. The lowest BCUT2D eigenvalue weighted by Gasteiger charge is -2.19. The molecule has 4 aromatic carbocycles. The molecule has 0 fully saturated rings. The molecule has 0 aliphatic carbocycles. The Morgan fingerprint density at radius 1 is 0.348 bits per heavy atom. The highest BCUT2D eigenvalue weighted by Crippen LogP contribution is 2.51. The fourth-order valence-electron chi connectivity index (χ4n) is 9.22. The van der Waals surface area contributed by atoms with Crippen LogP contribution in [0.2, 0.25) is 0 Å². The van der Waals surface area contributed by atoms with E-state index in [9.17, 15) is 0 Å². The van der Waals surface area contributed by atoms with E-state index in [-0.39, 0.29) is 50.1 Å². The van der Waals surface area contributed by atoms with E-state index < -0.39 is 98.6 Å². The molecule has 69 heavy (non-hydrogen) atoms. The number of halogens is 13. The average Bonchev–Trinajstić information content (AvgIpc) is 4.12. The van der Waals surface area contributed by atoms with E-state index in [2.05, 4.69) is 30.9 Å². The van der Waals surface area contributed by atoms with Crippen molar-refractivity contribution in [2.75, 3.05) is 5.33 Å². The molecule has 0 radical (unpaired) electrons. The highest BCUT2D eigenvalue weighted by molar-refractivity contribution is 9.09. The first kappa shape index (κ1) is 47.2. The zero-order valence-corrected chi connectivity index (χ0v) is 37.1. The van der Waals surface area contributed by atoms with Crippen LogP contribution in [0, 0.1) is 0 Å². The summed E-state index contributed by atoms with van der Waals surface area (Å²) in [6.07, 6.45) is -22.4. The van der Waals surface area contributed by atoms with Crippen molar-refractivity contribution in [1.29, 1.82) is 0 Å². The summed E-state index contributed by atoms with van der Waals surface area (Å²) >= 11 is 3.33. The van der Waals surface area contributed by atoms with Crippen molar-refractivity contribution in [3.8, 4) is 0 Å². The van der Waals surface area contributed by atoms with E-state index in [4.69, 9.17) is 0 Å². The van der Waals surface area contributed by atoms with Gasteiger partial charge in [0.05, 0.1) is 45.0 Å². The summed E-state index contributed by atoms with van der Waals surface area (Å²) in [5.41, 5.74) is -13.9. The smallest absolute Gasteiger partial charge is 0.354 e. The van der Waals surface area contributed by atoms with Crippen LogP contribution >= 0.6 is 15.9 Å². The molecule has 0 atom stereocenters. The number of alkyl halides is 13. The molecule has 1 aliphatic rings. The molecule has 0 spiro atoms. The van der Waals surface area contributed by atoms with Crippen molar-refractivity contribution in [3.05, 3.63) is 234 Å². The molecule has 8 aromatic rings. The third-order valence-electron chi connectivity index (χ3n) is 11.8. The summed E-state index contributed by atoms with van der Waals surface area (Å²) < 4.78 is 193. The Bertz CT molecular complexity index is 3210. The zero-order valence-electron chi connectivity index (χ0n) is 35.5. The number of aromatic amines is 3. The quantitative estimate of drug-likeness (QED) is 0.0772. The third kappa shape index (κ3) is 8.76. The van der Waals surface area contributed by atoms with E-state index >= 15 is 52.7 Å². The van der Waals surface area contributed by atoms with Gasteiger partial charge in [-0.15, -0.1) is 0 Å². The fourth-order valence-corrected chi connectivity index (χ4v) is 9.62. The van der Waals surface area contributed by atoms with Gasteiger partial charge in [-0.3, -0.25) is 0 Å². The van der Waals surface area contributed by atoms with E-state index in [1.165, 1.54) is 146 Å². The Hall–Kier alpha value is -6.88. The van der Waals surface area contributed by atoms with Crippen LogP contribution < -0.4 is 21.4 Å². The Morgan fingerprint density at radius 3 is 0.928 bits per heavy atom. The van der Waals surface area contributed by atoms with Crippen molar-refractivity contribution in [3.63, 3.8) is 0 Å². The van der Waals surface area contributed by atoms with Crippen molar-refractivity contribution in [2.24, 2.45) is 0 Å². The van der Waals surface area contributed by atoms with Crippen LogP contribution in [0.3, 0.4) is 0 Å². The number of hydrogen-bond donors (Lipinski definition) is 3. The summed E-state index contributed by atoms with van der Waals surface area (Å²) in [7, 11) is 0. The lowest BCUT2D eigenvalue weighted by molar-refractivity contribution is -0.161. The predicted octanol–water partition coefficient (Wildman–Crippen LogP) is 12.0. The van der Waals surface area contributed by atoms with Gasteiger partial charge in [0.15, 0.2) is 0 Å². The van der Waals surface area contributed by atoms with E-state index in [1.807, 2.05) is 0 Å². The Labute approximate surface area is 392 Å². The van der Waals surface area contributed by atoms with Gasteiger partial charge in [-0.1, -0.05) is 137 Å². The maximum atomic E-state index is 16.2. The molecule has 4 nitrogen and oxygen atoms in total. The second-order valence-corrected chi connectivity index (χ2v) is 16.9. The van der Waals surface area contributed by atoms with Gasteiger partial charge < -0.3 is 19.5 Å². The number of H-pyrrole nitrogens is 3. The highest BCUT2D eigenvalue weighted by Gasteiger charge is 2.52. The molecular weight excluding hydrogens is 988 g/mol. The minimum atomic E-state index is -5.69. The van der Waals surface area contributed by atoms with Crippen molar-refractivity contribution < 1.29 is 52.7 Å². The molecular formula is C52H35BrF12N4. The Kier molecular flexibility index (Phi) is 12.2. The second-order valence-electron chi connectivity index (χ2n) is 16.1. The molecule has 1 aliphatic heterocycles. The maximum Gasteiger partial charge on any atom is 0.419 e. The number of fused-ring (bicyclic) bond motifs is 8. The summed E-state index contributed by atoms with van der Waals surface area (Å²) in [5.74, 6) is 0. The van der Waals surface area contributed by atoms with Crippen molar-refractivity contribution >= 4 is 38.2 Å². The maximum absolute atomic E-state index is 16.2. The molecule has 0 amide bonds. The summed E-state index contributed by atoms with van der Waals surface area (Å²) in [5, 5.41) is -0.815. The van der Waals surface area contributed by atoms with E-state index in [0.29, 0.717) is 11.8 Å². The van der Waals surface area contributed by atoms with Gasteiger partial charge in [-0.2, -0.15) is 52.7 Å². The van der Waals surface area contributed by atoms with Gasteiger partial charge in [-0.05, 0) is 59.4 Å². The minimum absolute atomic E-state index is 0.0127. The van der Waals surface area contributed by atoms with Crippen LogP contribution in [0.1, 0.15) is 80.1 Å².